The first kappa shape index (κ1) is 12.4. The third-order valence-electron chi connectivity index (χ3n) is 1.49. The summed E-state index contributed by atoms with van der Waals surface area (Å²) in [5.74, 6) is 0. The highest BCUT2D eigenvalue weighted by atomic mass is 35.5. The van der Waals surface area contributed by atoms with Crippen molar-refractivity contribution in [3.63, 3.8) is 0 Å². The molecule has 2 nitrogen and oxygen atoms in total. The Labute approximate surface area is 103 Å². The molecule has 15 heavy (non-hydrogen) atoms. The summed E-state index contributed by atoms with van der Waals surface area (Å²) in [7, 11) is 3.23. The van der Waals surface area contributed by atoms with E-state index in [1.807, 2.05) is 36.4 Å². The summed E-state index contributed by atoms with van der Waals surface area (Å²) < 4.78 is 0. The Morgan fingerprint density at radius 2 is 1.20 bits per heavy atom. The molecule has 2 rings (SSSR count). The predicted octanol–water partition coefficient (Wildman–Crippen LogP) is 3.70. The second kappa shape index (κ2) is 6.71. The molecular weight excluding hydrogens is 248 g/mol. The van der Waals surface area contributed by atoms with E-state index in [-0.39, 0.29) is 12.4 Å². The Bertz CT molecular complexity index is 344. The molecule has 5 heteroatoms. The molecule has 0 N–H and O–H groups in total. The largest absolute Gasteiger partial charge is 0.249 e. The monoisotopic (exact) mass is 256 g/mol. The first-order chi connectivity index (χ1) is 6.95. The number of halogens is 1. The van der Waals surface area contributed by atoms with Gasteiger partial charge in [-0.25, -0.2) is 9.97 Å². The van der Waals surface area contributed by atoms with Crippen LogP contribution in [0.15, 0.2) is 58.8 Å². The van der Waals surface area contributed by atoms with Crippen LogP contribution >= 0.6 is 34.0 Å². The van der Waals surface area contributed by atoms with Crippen molar-refractivity contribution in [3.05, 3.63) is 48.8 Å². The van der Waals surface area contributed by atoms with Crippen molar-refractivity contribution in [3.8, 4) is 0 Å². The lowest BCUT2D eigenvalue weighted by Gasteiger charge is -1.97. The normalized spacial score (nSPS) is 9.33. The van der Waals surface area contributed by atoms with Gasteiger partial charge in [0.1, 0.15) is 10.1 Å². The van der Waals surface area contributed by atoms with E-state index in [4.69, 9.17) is 0 Å². The topological polar surface area (TPSA) is 25.8 Å². The van der Waals surface area contributed by atoms with Gasteiger partial charge in [0.05, 0.1) is 0 Å². The van der Waals surface area contributed by atoms with Crippen LogP contribution in [0.5, 0.6) is 0 Å². The number of pyridine rings is 2. The van der Waals surface area contributed by atoms with Crippen molar-refractivity contribution in [1.82, 2.24) is 9.97 Å². The van der Waals surface area contributed by atoms with E-state index in [0.29, 0.717) is 0 Å². The Morgan fingerprint density at radius 1 is 0.733 bits per heavy atom. The van der Waals surface area contributed by atoms with Gasteiger partial charge in [-0.05, 0) is 45.9 Å². The molecule has 0 aliphatic rings. The van der Waals surface area contributed by atoms with Crippen LogP contribution in [-0.4, -0.2) is 9.97 Å². The Balaban J connectivity index is 0.00000112. The third-order valence-corrected chi connectivity index (χ3v) is 3.67. The number of hydrogen-bond acceptors (Lipinski definition) is 4. The van der Waals surface area contributed by atoms with Gasteiger partial charge in [-0.1, -0.05) is 12.1 Å². The van der Waals surface area contributed by atoms with E-state index in [9.17, 15) is 0 Å². The zero-order valence-electron chi connectivity index (χ0n) is 7.74. The van der Waals surface area contributed by atoms with Crippen molar-refractivity contribution in [1.29, 1.82) is 0 Å². The molecule has 0 aliphatic heterocycles. The summed E-state index contributed by atoms with van der Waals surface area (Å²) in [4.78, 5) is 8.42. The van der Waals surface area contributed by atoms with Gasteiger partial charge in [0.25, 0.3) is 0 Å². The molecule has 0 unspecified atom stereocenters. The molecule has 0 fully saturated rings. The molecule has 0 saturated heterocycles. The smallest absolute Gasteiger partial charge is 0.107 e. The van der Waals surface area contributed by atoms with Gasteiger partial charge >= 0.3 is 0 Å². The summed E-state index contributed by atoms with van der Waals surface area (Å²) in [6, 6.07) is 11.8. The first-order valence-corrected chi connectivity index (χ1v) is 6.27. The Morgan fingerprint density at radius 3 is 1.53 bits per heavy atom. The van der Waals surface area contributed by atoms with Crippen LogP contribution in [0.25, 0.3) is 0 Å². The van der Waals surface area contributed by atoms with Gasteiger partial charge < -0.3 is 0 Å². The zero-order chi connectivity index (χ0) is 9.64. The molecule has 2 aromatic rings. The molecule has 0 amide bonds. The van der Waals surface area contributed by atoms with Crippen LogP contribution in [-0.2, 0) is 0 Å². The molecule has 0 bridgehead atoms. The quantitative estimate of drug-likeness (QED) is 0.782. The van der Waals surface area contributed by atoms with Crippen molar-refractivity contribution < 1.29 is 0 Å². The van der Waals surface area contributed by atoms with Gasteiger partial charge in [-0.3, -0.25) is 0 Å². The fourth-order valence-electron chi connectivity index (χ4n) is 0.878. The second-order valence-corrected chi connectivity index (χ2v) is 4.67. The van der Waals surface area contributed by atoms with Gasteiger partial charge in [0.2, 0.25) is 0 Å². The average Bonchev–Trinajstić information content (AvgIpc) is 2.29. The van der Waals surface area contributed by atoms with Crippen molar-refractivity contribution >= 4 is 34.0 Å². The van der Waals surface area contributed by atoms with Crippen LogP contribution in [0, 0.1) is 0 Å². The molecule has 0 atom stereocenters. The maximum absolute atomic E-state index is 4.21. The molecule has 0 spiro atoms. The van der Waals surface area contributed by atoms with Crippen LogP contribution in [0.3, 0.4) is 0 Å². The van der Waals surface area contributed by atoms with E-state index in [1.54, 1.807) is 34.0 Å². The van der Waals surface area contributed by atoms with Gasteiger partial charge in [-0.15, -0.1) is 12.4 Å². The molecule has 78 valence electrons. The average molecular weight is 257 g/mol. The molecule has 2 aromatic heterocycles. The summed E-state index contributed by atoms with van der Waals surface area (Å²) in [5.41, 5.74) is 0. The first-order valence-electron chi connectivity index (χ1n) is 4.12. The number of rotatable bonds is 3. The minimum absolute atomic E-state index is 0. The van der Waals surface area contributed by atoms with Crippen molar-refractivity contribution in [2.75, 3.05) is 0 Å². The Hall–Kier alpha value is -0.710. The van der Waals surface area contributed by atoms with Crippen molar-refractivity contribution in [2.24, 2.45) is 0 Å². The lowest BCUT2D eigenvalue weighted by atomic mass is 10.5. The van der Waals surface area contributed by atoms with Crippen LogP contribution < -0.4 is 0 Å². The minimum atomic E-state index is 0. The summed E-state index contributed by atoms with van der Waals surface area (Å²) in [5, 5.41) is 2.01. The third kappa shape index (κ3) is 4.11. The highest BCUT2D eigenvalue weighted by molar-refractivity contribution is 8.76. The molecule has 0 aromatic carbocycles. The highest BCUT2D eigenvalue weighted by Crippen LogP contribution is 2.34. The molecule has 0 saturated carbocycles. The van der Waals surface area contributed by atoms with E-state index in [1.165, 1.54) is 0 Å². The van der Waals surface area contributed by atoms with Crippen LogP contribution in [0.1, 0.15) is 0 Å². The molecule has 0 radical (unpaired) electrons. The number of nitrogens with zero attached hydrogens (tertiary/aromatic N) is 2. The van der Waals surface area contributed by atoms with E-state index in [2.05, 4.69) is 9.97 Å². The fourth-order valence-corrected chi connectivity index (χ4v) is 2.63. The summed E-state index contributed by atoms with van der Waals surface area (Å²) in [6.45, 7) is 0. The number of hydrogen-bond donors (Lipinski definition) is 0. The van der Waals surface area contributed by atoms with Crippen LogP contribution in [0.2, 0.25) is 0 Å². The van der Waals surface area contributed by atoms with E-state index in [0.717, 1.165) is 10.1 Å². The zero-order valence-corrected chi connectivity index (χ0v) is 10.2. The lowest BCUT2D eigenvalue weighted by molar-refractivity contribution is 1.13. The van der Waals surface area contributed by atoms with Crippen LogP contribution in [0.4, 0.5) is 0 Å². The van der Waals surface area contributed by atoms with Crippen molar-refractivity contribution in [2.45, 2.75) is 10.1 Å². The summed E-state index contributed by atoms with van der Waals surface area (Å²) in [6.07, 6.45) is 3.59. The standard InChI is InChI=1S/C10H8N2S2.ClH/c1-3-7-11-9(5-1)13-14-10-6-2-4-8-12-10;/h1-8H;1H. The molecule has 2 heterocycles. The highest BCUT2D eigenvalue weighted by Gasteiger charge is 1.97. The second-order valence-electron chi connectivity index (χ2n) is 2.50. The van der Waals surface area contributed by atoms with Gasteiger partial charge in [0.15, 0.2) is 0 Å². The SMILES string of the molecule is Cl.c1ccc(SSc2ccccn2)nc1. The van der Waals surface area contributed by atoms with Gasteiger partial charge in [-0.2, -0.15) is 0 Å². The van der Waals surface area contributed by atoms with E-state index < -0.39 is 0 Å². The van der Waals surface area contributed by atoms with Gasteiger partial charge in [0, 0.05) is 12.4 Å². The Kier molecular flexibility index (Phi) is 5.53. The molecular formula is C10H9ClN2S2. The number of aromatic nitrogens is 2. The maximum atomic E-state index is 4.21. The van der Waals surface area contributed by atoms with E-state index >= 15 is 0 Å². The maximum Gasteiger partial charge on any atom is 0.107 e. The molecule has 0 aliphatic carbocycles. The summed E-state index contributed by atoms with van der Waals surface area (Å²) >= 11 is 0. The minimum Gasteiger partial charge on any atom is -0.249 e. The predicted molar refractivity (Wildman–Crippen MR) is 67.4 cm³/mol. The lowest BCUT2D eigenvalue weighted by Crippen LogP contribution is -1.75. The fraction of sp³-hybridized carbons (Fsp3) is 0.